The molecule has 33 heavy (non-hydrogen) atoms. The third kappa shape index (κ3) is 12.0. The smallest absolute Gasteiger partial charge is 0.405 e. The van der Waals surface area contributed by atoms with E-state index in [1.54, 1.807) is 14.0 Å². The number of rotatable bonds is 11. The normalized spacial score (nSPS) is 16.1. The number of aromatic hydroxyl groups is 1. The molecule has 2 atom stereocenters. The predicted octanol–water partition coefficient (Wildman–Crippen LogP) is 2.71. The number of benzene rings is 1. The molecule has 1 heterocycles. The van der Waals surface area contributed by atoms with Crippen molar-refractivity contribution in [3.63, 3.8) is 0 Å². The SMILES string of the molecule is CC.CCN(CC[C@H](C=O)NC(=O)O)S(=O)(=O)c1ccc(O)cc1.COCC[C@H]1CCOC1. The van der Waals surface area contributed by atoms with E-state index in [1.807, 2.05) is 19.2 Å². The Morgan fingerprint density at radius 1 is 1.33 bits per heavy atom. The van der Waals surface area contributed by atoms with E-state index in [9.17, 15) is 23.1 Å². The highest BCUT2D eigenvalue weighted by molar-refractivity contribution is 7.89. The molecule has 10 nitrogen and oxygen atoms in total. The van der Waals surface area contributed by atoms with E-state index < -0.39 is 22.2 Å². The van der Waals surface area contributed by atoms with Crippen molar-refractivity contribution in [1.82, 2.24) is 9.62 Å². The minimum atomic E-state index is -3.77. The van der Waals surface area contributed by atoms with E-state index >= 15 is 0 Å². The second-order valence-electron chi connectivity index (χ2n) is 6.98. The summed E-state index contributed by atoms with van der Waals surface area (Å²) in [5.41, 5.74) is 0. The number of methoxy groups -OCH3 is 1. The molecule has 3 N–H and O–H groups in total. The van der Waals surface area contributed by atoms with Gasteiger partial charge in [0, 0.05) is 40.0 Å². The Morgan fingerprint density at radius 2 is 1.97 bits per heavy atom. The topological polar surface area (TPSA) is 142 Å². The summed E-state index contributed by atoms with van der Waals surface area (Å²) in [6, 6.07) is 4.11. The summed E-state index contributed by atoms with van der Waals surface area (Å²) in [7, 11) is -2.02. The van der Waals surface area contributed by atoms with Gasteiger partial charge < -0.3 is 29.8 Å². The molecular formula is C22H38N2O8S. The van der Waals surface area contributed by atoms with E-state index in [4.69, 9.17) is 14.6 Å². The third-order valence-corrected chi connectivity index (χ3v) is 6.73. The number of carbonyl (C=O) groups is 2. The molecule has 2 rings (SSSR count). The zero-order valence-electron chi connectivity index (χ0n) is 19.9. The Hall–Kier alpha value is -2.21. The molecule has 1 saturated heterocycles. The lowest BCUT2D eigenvalue weighted by Gasteiger charge is -2.22. The van der Waals surface area contributed by atoms with Crippen molar-refractivity contribution >= 4 is 22.4 Å². The van der Waals surface area contributed by atoms with Crippen LogP contribution in [0.4, 0.5) is 4.79 Å². The zero-order valence-corrected chi connectivity index (χ0v) is 20.7. The van der Waals surface area contributed by atoms with Crippen LogP contribution in [0.5, 0.6) is 5.75 Å². The summed E-state index contributed by atoms with van der Waals surface area (Å²) in [5, 5.41) is 19.8. The molecular weight excluding hydrogens is 452 g/mol. The number of phenols is 1. The van der Waals surface area contributed by atoms with E-state index in [-0.39, 0.29) is 30.2 Å². The molecule has 190 valence electrons. The molecule has 0 bridgehead atoms. The number of sulfonamides is 1. The quantitative estimate of drug-likeness (QED) is 0.402. The third-order valence-electron chi connectivity index (χ3n) is 4.74. The van der Waals surface area contributed by atoms with Crippen molar-refractivity contribution in [2.24, 2.45) is 5.92 Å². The summed E-state index contributed by atoms with van der Waals surface area (Å²) in [6.07, 6.45) is 1.50. The fourth-order valence-electron chi connectivity index (χ4n) is 2.93. The van der Waals surface area contributed by atoms with E-state index in [0.29, 0.717) is 6.29 Å². The van der Waals surface area contributed by atoms with Crippen LogP contribution in [0.15, 0.2) is 29.2 Å². The minimum absolute atomic E-state index is 0.0105. The molecule has 0 aromatic heterocycles. The number of ether oxygens (including phenoxy) is 2. The Bertz CT molecular complexity index is 765. The fraction of sp³-hybridized carbons (Fsp3) is 0.636. The van der Waals surface area contributed by atoms with Gasteiger partial charge in [-0.15, -0.1) is 0 Å². The molecule has 1 aromatic carbocycles. The number of phenolic OH excluding ortho intramolecular Hbond substituents is 1. The van der Waals surface area contributed by atoms with E-state index in [2.05, 4.69) is 0 Å². The van der Waals surface area contributed by atoms with E-state index in [1.165, 1.54) is 30.7 Å². The van der Waals surface area contributed by atoms with Crippen LogP contribution in [0.1, 0.15) is 40.0 Å². The molecule has 0 aliphatic carbocycles. The first-order chi connectivity index (χ1) is 15.7. The maximum Gasteiger partial charge on any atom is 0.405 e. The van der Waals surface area contributed by atoms with Crippen molar-refractivity contribution in [2.45, 2.75) is 51.0 Å². The zero-order chi connectivity index (χ0) is 25.3. The Morgan fingerprint density at radius 3 is 2.42 bits per heavy atom. The second-order valence-corrected chi connectivity index (χ2v) is 8.92. The summed E-state index contributed by atoms with van der Waals surface area (Å²) in [4.78, 5) is 21.3. The highest BCUT2D eigenvalue weighted by Crippen LogP contribution is 2.19. The highest BCUT2D eigenvalue weighted by atomic mass is 32.2. The van der Waals surface area contributed by atoms with Gasteiger partial charge in [-0.3, -0.25) is 0 Å². The lowest BCUT2D eigenvalue weighted by atomic mass is 10.1. The van der Waals surface area contributed by atoms with Crippen molar-refractivity contribution in [1.29, 1.82) is 0 Å². The summed E-state index contributed by atoms with van der Waals surface area (Å²) in [5.74, 6) is 0.721. The van der Waals surface area contributed by atoms with Crippen LogP contribution < -0.4 is 5.32 Å². The van der Waals surface area contributed by atoms with Crippen molar-refractivity contribution in [3.8, 4) is 5.75 Å². The Kier molecular flexibility index (Phi) is 16.1. The van der Waals surface area contributed by atoms with Gasteiger partial charge in [-0.25, -0.2) is 13.2 Å². The molecule has 1 aliphatic heterocycles. The standard InChI is InChI=1S/C13H18N2O6S.C7H14O2.C2H6/c1-2-15(8-7-10(9-16)14-13(18)19)22(20,21)12-5-3-11(17)4-6-12;1-8-4-2-7-3-5-9-6-7;1-2/h3-6,9-10,14,17H,2,7-8H2,1H3,(H,18,19);7H,2-6H2,1H3;1-2H3/t10-;7-;/m10./s1. The highest BCUT2D eigenvalue weighted by Gasteiger charge is 2.24. The molecule has 11 heteroatoms. The lowest BCUT2D eigenvalue weighted by Crippen LogP contribution is -2.39. The molecule has 1 aromatic rings. The van der Waals surface area contributed by atoms with Crippen LogP contribution in [0.3, 0.4) is 0 Å². The first-order valence-electron chi connectivity index (χ1n) is 11.0. The molecule has 0 radical (unpaired) electrons. The maximum atomic E-state index is 12.4. The molecule has 0 saturated carbocycles. The van der Waals surface area contributed by atoms with Gasteiger partial charge in [-0.05, 0) is 49.4 Å². The van der Waals surface area contributed by atoms with Crippen molar-refractivity contribution in [2.75, 3.05) is 40.0 Å². The second kappa shape index (κ2) is 17.3. The molecule has 0 unspecified atom stereocenters. The predicted molar refractivity (Wildman–Crippen MR) is 125 cm³/mol. The first-order valence-corrected chi connectivity index (χ1v) is 12.5. The molecule has 1 amide bonds. The van der Waals surface area contributed by atoms with Crippen LogP contribution in [0.25, 0.3) is 0 Å². The number of carbonyl (C=O) groups excluding carboxylic acids is 1. The van der Waals surface area contributed by atoms with Crippen LogP contribution in [-0.2, 0) is 24.3 Å². The van der Waals surface area contributed by atoms with Crippen LogP contribution in [0.2, 0.25) is 0 Å². The average molecular weight is 491 g/mol. The van der Waals surface area contributed by atoms with Gasteiger partial charge in [-0.2, -0.15) is 4.31 Å². The first kappa shape index (κ1) is 30.8. The van der Waals surface area contributed by atoms with Gasteiger partial charge in [0.2, 0.25) is 10.0 Å². The van der Waals surface area contributed by atoms with Gasteiger partial charge in [0.25, 0.3) is 0 Å². The van der Waals surface area contributed by atoms with Gasteiger partial charge in [0.15, 0.2) is 0 Å². The largest absolute Gasteiger partial charge is 0.508 e. The summed E-state index contributed by atoms with van der Waals surface area (Å²) in [6.45, 7) is 8.58. The number of carboxylic acid groups (broad SMARTS) is 1. The number of aldehydes is 1. The van der Waals surface area contributed by atoms with Crippen molar-refractivity contribution in [3.05, 3.63) is 24.3 Å². The average Bonchev–Trinajstić information content (AvgIpc) is 3.32. The Labute approximate surface area is 196 Å². The summed E-state index contributed by atoms with van der Waals surface area (Å²) < 4.78 is 36.1. The van der Waals surface area contributed by atoms with Crippen molar-refractivity contribution < 1.29 is 37.7 Å². The van der Waals surface area contributed by atoms with Crippen LogP contribution >= 0.6 is 0 Å². The number of hydrogen-bond donors (Lipinski definition) is 3. The molecule has 1 fully saturated rings. The van der Waals surface area contributed by atoms with Gasteiger partial charge in [0.05, 0.1) is 10.9 Å². The lowest BCUT2D eigenvalue weighted by molar-refractivity contribution is -0.109. The summed E-state index contributed by atoms with van der Waals surface area (Å²) >= 11 is 0. The minimum Gasteiger partial charge on any atom is -0.508 e. The molecule has 0 spiro atoms. The number of nitrogens with zero attached hydrogens (tertiary/aromatic N) is 1. The maximum absolute atomic E-state index is 12.4. The van der Waals surface area contributed by atoms with Gasteiger partial charge in [0.1, 0.15) is 12.0 Å². The Balaban J connectivity index is 0.000000770. The van der Waals surface area contributed by atoms with Gasteiger partial charge >= 0.3 is 6.09 Å². The fourth-order valence-corrected chi connectivity index (χ4v) is 4.39. The van der Waals surface area contributed by atoms with E-state index in [0.717, 1.165) is 36.5 Å². The molecule has 1 aliphatic rings. The number of hydrogen-bond acceptors (Lipinski definition) is 7. The number of nitrogens with one attached hydrogen (secondary N) is 1. The number of amides is 1. The van der Waals surface area contributed by atoms with Crippen LogP contribution in [-0.4, -0.2) is 81.4 Å². The van der Waals surface area contributed by atoms with Crippen LogP contribution in [0, 0.1) is 5.92 Å². The van der Waals surface area contributed by atoms with Gasteiger partial charge in [-0.1, -0.05) is 20.8 Å². The monoisotopic (exact) mass is 490 g/mol.